The standard InChI is InChI=1S/C16H17N3O2/c1-11-8-19-16(21-11)10-18-15(20)7-6-12-9-17-14-5-3-2-4-13(12)14/h2-5,8-9,17H,6-7,10H2,1H3,(H,18,20). The summed E-state index contributed by atoms with van der Waals surface area (Å²) in [4.78, 5) is 19.1. The van der Waals surface area contributed by atoms with Gasteiger partial charge in [-0.05, 0) is 25.0 Å². The van der Waals surface area contributed by atoms with E-state index in [1.807, 2.05) is 31.3 Å². The molecular formula is C16H17N3O2. The Balaban J connectivity index is 1.54. The van der Waals surface area contributed by atoms with Gasteiger partial charge in [-0.3, -0.25) is 4.79 Å². The number of aromatic nitrogens is 2. The Hall–Kier alpha value is -2.56. The number of nitrogens with one attached hydrogen (secondary N) is 2. The third-order valence-corrected chi connectivity index (χ3v) is 3.40. The highest BCUT2D eigenvalue weighted by Gasteiger charge is 2.08. The molecule has 108 valence electrons. The van der Waals surface area contributed by atoms with Crippen molar-refractivity contribution in [2.75, 3.05) is 0 Å². The van der Waals surface area contributed by atoms with Crippen LogP contribution < -0.4 is 5.32 Å². The molecule has 3 rings (SSSR count). The Morgan fingerprint density at radius 2 is 2.24 bits per heavy atom. The fraction of sp³-hybridized carbons (Fsp3) is 0.250. The number of benzene rings is 1. The van der Waals surface area contributed by atoms with Gasteiger partial charge in [0.05, 0.1) is 12.7 Å². The molecule has 2 N–H and O–H groups in total. The van der Waals surface area contributed by atoms with Crippen LogP contribution in [0, 0.1) is 6.92 Å². The van der Waals surface area contributed by atoms with Gasteiger partial charge >= 0.3 is 0 Å². The molecule has 0 radical (unpaired) electrons. The summed E-state index contributed by atoms with van der Waals surface area (Å²) in [5.41, 5.74) is 2.26. The van der Waals surface area contributed by atoms with Crippen LogP contribution in [0.5, 0.6) is 0 Å². The number of carbonyl (C=O) groups excluding carboxylic acids is 1. The van der Waals surface area contributed by atoms with E-state index < -0.39 is 0 Å². The molecule has 3 aromatic rings. The fourth-order valence-corrected chi connectivity index (χ4v) is 2.33. The van der Waals surface area contributed by atoms with Crippen LogP contribution in [0.1, 0.15) is 23.6 Å². The number of hydrogen-bond donors (Lipinski definition) is 2. The number of amides is 1. The van der Waals surface area contributed by atoms with E-state index in [0.717, 1.165) is 16.8 Å². The summed E-state index contributed by atoms with van der Waals surface area (Å²) in [6, 6.07) is 8.09. The van der Waals surface area contributed by atoms with Crippen LogP contribution in [0.4, 0.5) is 0 Å². The smallest absolute Gasteiger partial charge is 0.220 e. The van der Waals surface area contributed by atoms with Gasteiger partial charge in [0.15, 0.2) is 0 Å². The van der Waals surface area contributed by atoms with Gasteiger partial charge in [0.2, 0.25) is 11.8 Å². The summed E-state index contributed by atoms with van der Waals surface area (Å²) in [7, 11) is 0. The third-order valence-electron chi connectivity index (χ3n) is 3.40. The van der Waals surface area contributed by atoms with Crippen molar-refractivity contribution in [3.05, 3.63) is 53.9 Å². The minimum Gasteiger partial charge on any atom is -0.444 e. The highest BCUT2D eigenvalue weighted by molar-refractivity contribution is 5.84. The number of H-pyrrole nitrogens is 1. The Labute approximate surface area is 122 Å². The van der Waals surface area contributed by atoms with Crippen molar-refractivity contribution in [2.24, 2.45) is 0 Å². The molecule has 0 aliphatic carbocycles. The minimum absolute atomic E-state index is 0.00358. The molecule has 1 amide bonds. The molecule has 0 unspecified atom stereocenters. The first-order valence-electron chi connectivity index (χ1n) is 6.95. The second-order valence-electron chi connectivity index (χ2n) is 5.00. The molecule has 0 fully saturated rings. The van der Waals surface area contributed by atoms with Crippen LogP contribution >= 0.6 is 0 Å². The molecule has 0 bridgehead atoms. The average molecular weight is 283 g/mol. The van der Waals surface area contributed by atoms with Gasteiger partial charge in [-0.1, -0.05) is 18.2 Å². The molecule has 2 aromatic heterocycles. The number of fused-ring (bicyclic) bond motifs is 1. The number of aromatic amines is 1. The number of rotatable bonds is 5. The molecule has 5 heteroatoms. The SMILES string of the molecule is Cc1cnc(CNC(=O)CCc2c[nH]c3ccccc23)o1. The maximum Gasteiger partial charge on any atom is 0.220 e. The summed E-state index contributed by atoms with van der Waals surface area (Å²) in [5, 5.41) is 3.99. The summed E-state index contributed by atoms with van der Waals surface area (Å²) >= 11 is 0. The molecule has 1 aromatic carbocycles. The monoisotopic (exact) mass is 283 g/mol. The van der Waals surface area contributed by atoms with Gasteiger partial charge in [0.25, 0.3) is 0 Å². The first-order chi connectivity index (χ1) is 10.2. The highest BCUT2D eigenvalue weighted by atomic mass is 16.4. The van der Waals surface area contributed by atoms with Crippen LogP contribution in [-0.2, 0) is 17.8 Å². The van der Waals surface area contributed by atoms with Crippen molar-refractivity contribution < 1.29 is 9.21 Å². The highest BCUT2D eigenvalue weighted by Crippen LogP contribution is 2.18. The largest absolute Gasteiger partial charge is 0.444 e. The zero-order valence-electron chi connectivity index (χ0n) is 11.8. The molecule has 0 aliphatic heterocycles. The zero-order chi connectivity index (χ0) is 14.7. The van der Waals surface area contributed by atoms with Crippen LogP contribution in [-0.4, -0.2) is 15.9 Å². The van der Waals surface area contributed by atoms with Crippen molar-refractivity contribution in [1.29, 1.82) is 0 Å². The molecule has 5 nitrogen and oxygen atoms in total. The van der Waals surface area contributed by atoms with Crippen molar-refractivity contribution >= 4 is 16.8 Å². The maximum atomic E-state index is 11.9. The van der Waals surface area contributed by atoms with E-state index in [1.54, 1.807) is 6.20 Å². The zero-order valence-corrected chi connectivity index (χ0v) is 11.8. The number of carbonyl (C=O) groups is 1. The summed E-state index contributed by atoms with van der Waals surface area (Å²) < 4.78 is 5.31. The summed E-state index contributed by atoms with van der Waals surface area (Å²) in [6.45, 7) is 2.16. The number of para-hydroxylation sites is 1. The van der Waals surface area contributed by atoms with Gasteiger partial charge in [0, 0.05) is 23.5 Å². The quantitative estimate of drug-likeness (QED) is 0.756. The normalized spacial score (nSPS) is 10.9. The lowest BCUT2D eigenvalue weighted by molar-refractivity contribution is -0.121. The molecule has 2 heterocycles. The number of aryl methyl sites for hydroxylation is 2. The van der Waals surface area contributed by atoms with Crippen LogP contribution in [0.15, 0.2) is 41.1 Å². The molecule has 0 atom stereocenters. The Morgan fingerprint density at radius 1 is 1.38 bits per heavy atom. The van der Waals surface area contributed by atoms with Gasteiger partial charge in [0.1, 0.15) is 5.76 Å². The van der Waals surface area contributed by atoms with Crippen LogP contribution in [0.2, 0.25) is 0 Å². The van der Waals surface area contributed by atoms with Gasteiger partial charge < -0.3 is 14.7 Å². The topological polar surface area (TPSA) is 70.9 Å². The predicted octanol–water partition coefficient (Wildman–Crippen LogP) is 2.71. The first-order valence-corrected chi connectivity index (χ1v) is 6.95. The lowest BCUT2D eigenvalue weighted by Crippen LogP contribution is -2.23. The second-order valence-corrected chi connectivity index (χ2v) is 5.00. The molecule has 0 aliphatic rings. The number of oxazole rings is 1. The Morgan fingerprint density at radius 3 is 3.05 bits per heavy atom. The van der Waals surface area contributed by atoms with E-state index in [9.17, 15) is 4.79 Å². The fourth-order valence-electron chi connectivity index (χ4n) is 2.33. The summed E-state index contributed by atoms with van der Waals surface area (Å²) in [6.07, 6.45) is 4.77. The summed E-state index contributed by atoms with van der Waals surface area (Å²) in [5.74, 6) is 1.28. The van der Waals surface area contributed by atoms with Gasteiger partial charge in [-0.15, -0.1) is 0 Å². The van der Waals surface area contributed by atoms with Gasteiger partial charge in [-0.25, -0.2) is 4.98 Å². The van der Waals surface area contributed by atoms with Gasteiger partial charge in [-0.2, -0.15) is 0 Å². The lowest BCUT2D eigenvalue weighted by atomic mass is 10.1. The van der Waals surface area contributed by atoms with E-state index in [1.165, 1.54) is 5.39 Å². The first kappa shape index (κ1) is 13.4. The average Bonchev–Trinajstić information content (AvgIpc) is 3.09. The number of nitrogens with zero attached hydrogens (tertiary/aromatic N) is 1. The van der Waals surface area contributed by atoms with E-state index in [-0.39, 0.29) is 5.91 Å². The van der Waals surface area contributed by atoms with Crippen LogP contribution in [0.25, 0.3) is 10.9 Å². The van der Waals surface area contributed by atoms with E-state index in [2.05, 4.69) is 21.4 Å². The predicted molar refractivity (Wildman–Crippen MR) is 79.7 cm³/mol. The van der Waals surface area contributed by atoms with Crippen molar-refractivity contribution in [1.82, 2.24) is 15.3 Å². The molecule has 0 saturated carbocycles. The van der Waals surface area contributed by atoms with Crippen molar-refractivity contribution in [3.8, 4) is 0 Å². The van der Waals surface area contributed by atoms with Crippen molar-refractivity contribution in [2.45, 2.75) is 26.3 Å². The molecule has 0 spiro atoms. The molecule has 21 heavy (non-hydrogen) atoms. The van der Waals surface area contributed by atoms with E-state index in [0.29, 0.717) is 25.3 Å². The second kappa shape index (κ2) is 5.83. The minimum atomic E-state index is -0.00358. The van der Waals surface area contributed by atoms with Crippen LogP contribution in [0.3, 0.4) is 0 Å². The third kappa shape index (κ3) is 3.13. The van der Waals surface area contributed by atoms with E-state index in [4.69, 9.17) is 4.42 Å². The molecule has 0 saturated heterocycles. The molecular weight excluding hydrogens is 266 g/mol. The Kier molecular flexibility index (Phi) is 3.73. The lowest BCUT2D eigenvalue weighted by Gasteiger charge is -2.02. The van der Waals surface area contributed by atoms with E-state index >= 15 is 0 Å². The maximum absolute atomic E-state index is 11.9. The van der Waals surface area contributed by atoms with Crippen molar-refractivity contribution in [3.63, 3.8) is 0 Å². The number of hydrogen-bond acceptors (Lipinski definition) is 3. The Bertz CT molecular complexity index is 758.